The Kier molecular flexibility index (Phi) is 5.58. The lowest BCUT2D eigenvalue weighted by Crippen LogP contribution is -2.67. The maximum absolute atomic E-state index is 12.0. The second-order valence-electron chi connectivity index (χ2n) is 10.4. The highest BCUT2D eigenvalue weighted by Crippen LogP contribution is 2.48. The smallest absolute Gasteiger partial charge is 0.131 e. The molecule has 4 nitrogen and oxygen atoms in total. The molecule has 3 aliphatic heterocycles. The first-order valence-corrected chi connectivity index (χ1v) is 12.7. The first kappa shape index (κ1) is 22.3. The molecule has 7 rings (SSSR count). The number of aliphatic hydroxyl groups excluding tert-OH is 1. The molecule has 0 radical (unpaired) electrons. The number of rotatable bonds is 6. The molecule has 0 aliphatic carbocycles. The highest BCUT2D eigenvalue weighted by molar-refractivity contribution is 5.84. The third-order valence-corrected chi connectivity index (χ3v) is 8.65. The van der Waals surface area contributed by atoms with Gasteiger partial charge in [-0.2, -0.15) is 0 Å². The van der Waals surface area contributed by atoms with Gasteiger partial charge in [0.1, 0.15) is 24.4 Å². The number of quaternary nitrogens is 1. The van der Waals surface area contributed by atoms with Crippen LogP contribution in [0.2, 0.25) is 0 Å². The van der Waals surface area contributed by atoms with E-state index >= 15 is 0 Å². The van der Waals surface area contributed by atoms with Gasteiger partial charge in [-0.1, -0.05) is 42.5 Å². The molecule has 178 valence electrons. The van der Waals surface area contributed by atoms with E-state index in [-0.39, 0.29) is 6.04 Å². The molecule has 3 aliphatic rings. The van der Waals surface area contributed by atoms with Gasteiger partial charge in [-0.3, -0.25) is 4.98 Å². The Balaban J connectivity index is 1.41. The van der Waals surface area contributed by atoms with Gasteiger partial charge in [0.25, 0.3) is 0 Å². The summed E-state index contributed by atoms with van der Waals surface area (Å²) in [6.07, 6.45) is 5.62. The van der Waals surface area contributed by atoms with Gasteiger partial charge in [-0.15, -0.1) is 6.58 Å². The molecule has 35 heavy (non-hydrogen) atoms. The number of aliphatic hydroxyl groups is 1. The van der Waals surface area contributed by atoms with Crippen molar-refractivity contribution in [2.75, 3.05) is 20.2 Å². The maximum atomic E-state index is 12.0. The van der Waals surface area contributed by atoms with E-state index in [2.05, 4.69) is 60.1 Å². The molecule has 0 saturated carbocycles. The highest BCUT2D eigenvalue weighted by Gasteiger charge is 2.54. The van der Waals surface area contributed by atoms with Crippen molar-refractivity contribution in [1.82, 2.24) is 4.98 Å². The van der Waals surface area contributed by atoms with E-state index in [0.717, 1.165) is 52.8 Å². The fourth-order valence-corrected chi connectivity index (χ4v) is 6.82. The van der Waals surface area contributed by atoms with Crippen LogP contribution in [0, 0.1) is 11.8 Å². The zero-order valence-electron chi connectivity index (χ0n) is 20.3. The van der Waals surface area contributed by atoms with Crippen molar-refractivity contribution in [3.8, 4) is 5.75 Å². The fourth-order valence-electron chi connectivity index (χ4n) is 6.82. The Hall–Kier alpha value is -3.21. The van der Waals surface area contributed by atoms with E-state index < -0.39 is 6.10 Å². The molecule has 5 atom stereocenters. The van der Waals surface area contributed by atoms with Crippen molar-refractivity contribution >= 4 is 21.7 Å². The molecule has 3 unspecified atom stereocenters. The number of piperidine rings is 3. The minimum Gasteiger partial charge on any atom is -0.497 e. The quantitative estimate of drug-likeness (QED) is 0.279. The molecule has 0 spiro atoms. The minimum atomic E-state index is -0.568. The number of benzene rings is 3. The molecule has 1 N–H and O–H groups in total. The summed E-state index contributed by atoms with van der Waals surface area (Å²) in [5.41, 5.74) is 3.19. The molecular weight excluding hydrogens is 432 g/mol. The molecule has 4 aromatic rings. The molecule has 1 aromatic heterocycles. The molecule has 4 heteroatoms. The predicted molar refractivity (Wildman–Crippen MR) is 141 cm³/mol. The molecule has 3 fully saturated rings. The van der Waals surface area contributed by atoms with Gasteiger partial charge in [0.2, 0.25) is 0 Å². The lowest BCUT2D eigenvalue weighted by atomic mass is 9.71. The van der Waals surface area contributed by atoms with Crippen molar-refractivity contribution in [1.29, 1.82) is 0 Å². The molecule has 4 heterocycles. The van der Waals surface area contributed by atoms with Crippen LogP contribution >= 0.6 is 0 Å². The SMILES string of the molecule is C=CC1C[N+]2(Cc3ccc4ccccc4c3)CCC1C[C@@H]2[C@@H](O)c1ccnc2ccc(OC)cc12. The third-order valence-electron chi connectivity index (χ3n) is 8.65. The second kappa shape index (κ2) is 8.78. The number of nitrogens with zero attached hydrogens (tertiary/aromatic N) is 2. The van der Waals surface area contributed by atoms with Crippen LogP contribution in [0.15, 0.2) is 85.6 Å². The zero-order chi connectivity index (χ0) is 24.0. The van der Waals surface area contributed by atoms with Crippen molar-refractivity contribution in [3.63, 3.8) is 0 Å². The normalized spacial score (nSPS) is 26.6. The van der Waals surface area contributed by atoms with Gasteiger partial charge in [0, 0.05) is 35.9 Å². The fraction of sp³-hybridized carbons (Fsp3) is 0.323. The van der Waals surface area contributed by atoms with Crippen molar-refractivity contribution in [3.05, 3.63) is 96.7 Å². The summed E-state index contributed by atoms with van der Waals surface area (Å²) in [6, 6.07) is 23.4. The monoisotopic (exact) mass is 465 g/mol. The van der Waals surface area contributed by atoms with Crippen LogP contribution in [-0.4, -0.2) is 40.8 Å². The van der Waals surface area contributed by atoms with E-state index in [4.69, 9.17) is 4.74 Å². The van der Waals surface area contributed by atoms with Crippen LogP contribution in [0.5, 0.6) is 5.75 Å². The predicted octanol–water partition coefficient (Wildman–Crippen LogP) is 6.04. The third kappa shape index (κ3) is 3.81. The second-order valence-corrected chi connectivity index (χ2v) is 10.4. The number of hydrogen-bond acceptors (Lipinski definition) is 3. The lowest BCUT2D eigenvalue weighted by Gasteiger charge is -2.58. The largest absolute Gasteiger partial charge is 0.497 e. The van der Waals surface area contributed by atoms with Gasteiger partial charge in [0.05, 0.1) is 25.7 Å². The molecule has 3 saturated heterocycles. The first-order chi connectivity index (χ1) is 17.1. The van der Waals surface area contributed by atoms with Crippen molar-refractivity contribution in [2.24, 2.45) is 11.8 Å². The molecular formula is C31H33N2O2+. The van der Waals surface area contributed by atoms with E-state index in [0.29, 0.717) is 11.8 Å². The minimum absolute atomic E-state index is 0.133. The standard InChI is InChI=1S/C31H33N2O2/c1-3-22-20-33(19-21-8-9-23-6-4-5-7-24(23)16-21)15-13-25(22)17-30(33)31(34)27-12-14-32-29-11-10-26(35-2)18-28(27)29/h3-12,14,16,18,22,25,30-31,34H,1,13,15,17,19-20H2,2H3/q+1/t22?,25?,30-,31+,33?/m1/s1. The van der Waals surface area contributed by atoms with Crippen molar-refractivity contribution < 1.29 is 14.3 Å². The number of fused-ring (bicyclic) bond motifs is 5. The first-order valence-electron chi connectivity index (χ1n) is 12.7. The van der Waals surface area contributed by atoms with E-state index in [1.54, 1.807) is 7.11 Å². The zero-order valence-corrected chi connectivity index (χ0v) is 20.3. The Morgan fingerprint density at radius 1 is 1.11 bits per heavy atom. The van der Waals surface area contributed by atoms with Gasteiger partial charge >= 0.3 is 0 Å². The summed E-state index contributed by atoms with van der Waals surface area (Å²) >= 11 is 0. The lowest BCUT2D eigenvalue weighted by molar-refractivity contribution is -0.984. The van der Waals surface area contributed by atoms with Crippen LogP contribution in [0.3, 0.4) is 0 Å². The number of pyridine rings is 1. The van der Waals surface area contributed by atoms with Gasteiger partial charge in [0.15, 0.2) is 0 Å². The van der Waals surface area contributed by atoms with Crippen LogP contribution in [0.1, 0.15) is 30.1 Å². The van der Waals surface area contributed by atoms with E-state index in [1.807, 2.05) is 30.5 Å². The number of hydrogen-bond donors (Lipinski definition) is 1. The van der Waals surface area contributed by atoms with E-state index in [9.17, 15) is 5.11 Å². The Morgan fingerprint density at radius 2 is 1.97 bits per heavy atom. The van der Waals surface area contributed by atoms with Crippen LogP contribution in [0.25, 0.3) is 21.7 Å². The van der Waals surface area contributed by atoms with Crippen LogP contribution < -0.4 is 4.74 Å². The van der Waals surface area contributed by atoms with Gasteiger partial charge in [-0.05, 0) is 52.6 Å². The van der Waals surface area contributed by atoms with Crippen LogP contribution in [0.4, 0.5) is 0 Å². The van der Waals surface area contributed by atoms with Crippen molar-refractivity contribution in [2.45, 2.75) is 31.5 Å². The molecule has 0 amide bonds. The molecule has 2 bridgehead atoms. The van der Waals surface area contributed by atoms with Gasteiger partial charge in [-0.25, -0.2) is 0 Å². The Labute approximate surface area is 207 Å². The average Bonchev–Trinajstić information content (AvgIpc) is 2.91. The number of aromatic nitrogens is 1. The summed E-state index contributed by atoms with van der Waals surface area (Å²) in [4.78, 5) is 4.55. The summed E-state index contributed by atoms with van der Waals surface area (Å²) in [5, 5.41) is 15.5. The highest BCUT2D eigenvalue weighted by atomic mass is 16.5. The summed E-state index contributed by atoms with van der Waals surface area (Å²) in [7, 11) is 1.68. The summed E-state index contributed by atoms with van der Waals surface area (Å²) < 4.78 is 6.39. The number of ether oxygens (including phenoxy) is 1. The van der Waals surface area contributed by atoms with Gasteiger partial charge < -0.3 is 14.3 Å². The number of methoxy groups -OCH3 is 1. The Morgan fingerprint density at radius 3 is 2.80 bits per heavy atom. The summed E-state index contributed by atoms with van der Waals surface area (Å²) in [5.74, 6) is 1.88. The topological polar surface area (TPSA) is 42.4 Å². The summed E-state index contributed by atoms with van der Waals surface area (Å²) in [6.45, 7) is 7.23. The van der Waals surface area contributed by atoms with Crippen LogP contribution in [-0.2, 0) is 6.54 Å². The Bertz CT molecular complexity index is 1400. The molecule has 3 aromatic carbocycles. The average molecular weight is 466 g/mol. The van der Waals surface area contributed by atoms with E-state index in [1.165, 1.54) is 22.8 Å². The maximum Gasteiger partial charge on any atom is 0.131 e.